The van der Waals surface area contributed by atoms with Crippen LogP contribution in [0.1, 0.15) is 26.2 Å². The molecule has 0 aromatic carbocycles. The largest absolute Gasteiger partial charge is 0.376 e. The molecule has 1 saturated carbocycles. The van der Waals surface area contributed by atoms with Gasteiger partial charge in [0, 0.05) is 25.2 Å². The van der Waals surface area contributed by atoms with Gasteiger partial charge in [0.15, 0.2) is 0 Å². The van der Waals surface area contributed by atoms with Gasteiger partial charge in [-0.3, -0.25) is 4.79 Å². The van der Waals surface area contributed by atoms with Crippen LogP contribution in [-0.2, 0) is 14.3 Å². The summed E-state index contributed by atoms with van der Waals surface area (Å²) in [5.41, 5.74) is 6.12. The third-order valence-corrected chi connectivity index (χ3v) is 4.63. The Kier molecular flexibility index (Phi) is 3.30. The first-order valence-corrected chi connectivity index (χ1v) is 6.97. The van der Waals surface area contributed by atoms with Crippen LogP contribution in [0.4, 0.5) is 0 Å². The van der Waals surface area contributed by atoms with E-state index in [1.807, 2.05) is 0 Å². The van der Waals surface area contributed by atoms with E-state index >= 15 is 0 Å². The average Bonchev–Trinajstić information content (AvgIpc) is 2.81. The summed E-state index contributed by atoms with van der Waals surface area (Å²) in [6.07, 6.45) is 2.97. The molecule has 0 spiro atoms. The fraction of sp³-hybridized carbons (Fsp3) is 0.923. The Balaban J connectivity index is 1.58. The third kappa shape index (κ3) is 1.94. The molecule has 0 bridgehead atoms. The van der Waals surface area contributed by atoms with Crippen molar-refractivity contribution in [3.05, 3.63) is 0 Å². The second kappa shape index (κ2) is 4.79. The van der Waals surface area contributed by atoms with Gasteiger partial charge in [0.05, 0.1) is 12.1 Å². The zero-order valence-electron chi connectivity index (χ0n) is 10.8. The maximum Gasteiger partial charge on any atom is 0.249 e. The normalized spacial score (nSPS) is 47.2. The van der Waals surface area contributed by atoms with Crippen LogP contribution in [0.15, 0.2) is 0 Å². The van der Waals surface area contributed by atoms with E-state index in [4.69, 9.17) is 15.2 Å². The van der Waals surface area contributed by atoms with Crippen LogP contribution in [0.25, 0.3) is 0 Å². The molecular formula is C13H22N2O3. The Morgan fingerprint density at radius 3 is 2.83 bits per heavy atom. The third-order valence-electron chi connectivity index (χ3n) is 4.63. The Morgan fingerprint density at radius 2 is 2.11 bits per heavy atom. The standard InChI is InChI=1S/C13H22N2O3/c1-7-4-6-18-11(7)13(16)15-10-9(14)8-3-2-5-17-12(8)10/h7-12H,2-6,14H2,1H3,(H,15,16). The molecule has 0 aromatic heterocycles. The molecule has 5 nitrogen and oxygen atoms in total. The van der Waals surface area contributed by atoms with Gasteiger partial charge in [-0.25, -0.2) is 0 Å². The first kappa shape index (κ1) is 12.4. The molecule has 6 atom stereocenters. The lowest BCUT2D eigenvalue weighted by molar-refractivity contribution is -0.146. The molecule has 3 aliphatic rings. The number of ether oxygens (including phenoxy) is 2. The minimum absolute atomic E-state index is 0.0203. The number of fused-ring (bicyclic) bond motifs is 1. The lowest BCUT2D eigenvalue weighted by Gasteiger charge is -2.52. The van der Waals surface area contributed by atoms with Crippen molar-refractivity contribution in [1.29, 1.82) is 0 Å². The fourth-order valence-corrected chi connectivity index (χ4v) is 3.40. The fourth-order valence-electron chi connectivity index (χ4n) is 3.40. The van der Waals surface area contributed by atoms with E-state index in [2.05, 4.69) is 12.2 Å². The van der Waals surface area contributed by atoms with E-state index < -0.39 is 0 Å². The summed E-state index contributed by atoms with van der Waals surface area (Å²) in [6.45, 7) is 3.52. The van der Waals surface area contributed by atoms with E-state index in [0.29, 0.717) is 18.4 Å². The number of nitrogens with one attached hydrogen (secondary N) is 1. The average molecular weight is 254 g/mol. The molecule has 3 fully saturated rings. The number of nitrogens with two attached hydrogens (primary N) is 1. The Bertz CT molecular complexity index is 336. The molecule has 5 heteroatoms. The van der Waals surface area contributed by atoms with E-state index in [-0.39, 0.29) is 30.2 Å². The molecule has 6 unspecified atom stereocenters. The number of hydrogen-bond acceptors (Lipinski definition) is 4. The lowest BCUT2D eigenvalue weighted by atomic mass is 9.68. The molecule has 1 aliphatic carbocycles. The number of rotatable bonds is 2. The molecule has 2 aliphatic heterocycles. The van der Waals surface area contributed by atoms with Gasteiger partial charge in [-0.05, 0) is 25.2 Å². The molecular weight excluding hydrogens is 232 g/mol. The summed E-state index contributed by atoms with van der Waals surface area (Å²) in [5, 5.41) is 3.02. The molecule has 102 valence electrons. The van der Waals surface area contributed by atoms with Crippen molar-refractivity contribution in [2.45, 2.75) is 50.5 Å². The summed E-state index contributed by atoms with van der Waals surface area (Å²) in [6, 6.07) is 0.00941. The van der Waals surface area contributed by atoms with Crippen molar-refractivity contribution in [2.24, 2.45) is 17.6 Å². The summed E-state index contributed by atoms with van der Waals surface area (Å²) >= 11 is 0. The number of carbonyl (C=O) groups excluding carboxylic acids is 1. The van der Waals surface area contributed by atoms with Crippen molar-refractivity contribution >= 4 is 5.91 Å². The summed E-state index contributed by atoms with van der Waals surface area (Å²) < 4.78 is 11.2. The van der Waals surface area contributed by atoms with Crippen LogP contribution >= 0.6 is 0 Å². The predicted molar refractivity (Wildman–Crippen MR) is 65.9 cm³/mol. The second-order valence-corrected chi connectivity index (χ2v) is 5.81. The van der Waals surface area contributed by atoms with Crippen molar-refractivity contribution < 1.29 is 14.3 Å². The van der Waals surface area contributed by atoms with E-state index in [1.165, 1.54) is 0 Å². The number of amides is 1. The molecule has 3 rings (SSSR count). The van der Waals surface area contributed by atoms with Gasteiger partial charge in [0.25, 0.3) is 0 Å². The van der Waals surface area contributed by atoms with Crippen LogP contribution < -0.4 is 11.1 Å². The lowest BCUT2D eigenvalue weighted by Crippen LogP contribution is -2.72. The van der Waals surface area contributed by atoms with Gasteiger partial charge < -0.3 is 20.5 Å². The Labute approximate surface area is 107 Å². The second-order valence-electron chi connectivity index (χ2n) is 5.81. The highest BCUT2D eigenvalue weighted by Gasteiger charge is 2.51. The highest BCUT2D eigenvalue weighted by Crippen LogP contribution is 2.37. The van der Waals surface area contributed by atoms with Crippen molar-refractivity contribution in [3.63, 3.8) is 0 Å². The van der Waals surface area contributed by atoms with E-state index in [1.54, 1.807) is 0 Å². The molecule has 0 radical (unpaired) electrons. The molecule has 2 heterocycles. The maximum absolute atomic E-state index is 12.1. The van der Waals surface area contributed by atoms with Crippen LogP contribution in [0, 0.1) is 11.8 Å². The molecule has 2 saturated heterocycles. The van der Waals surface area contributed by atoms with Gasteiger partial charge in [0.1, 0.15) is 6.10 Å². The van der Waals surface area contributed by atoms with Gasteiger partial charge in [-0.1, -0.05) is 6.92 Å². The Hall–Kier alpha value is -0.650. The predicted octanol–water partition coefficient (Wildman–Crippen LogP) is 0.0323. The first-order chi connectivity index (χ1) is 8.68. The van der Waals surface area contributed by atoms with Gasteiger partial charge in [-0.2, -0.15) is 0 Å². The SMILES string of the molecule is CC1CCOC1C(=O)NC1C(N)C2CCCOC21. The van der Waals surface area contributed by atoms with Crippen LogP contribution in [0.2, 0.25) is 0 Å². The maximum atomic E-state index is 12.1. The number of hydrogen-bond donors (Lipinski definition) is 2. The van der Waals surface area contributed by atoms with Crippen molar-refractivity contribution in [3.8, 4) is 0 Å². The summed E-state index contributed by atoms with van der Waals surface area (Å²) in [4.78, 5) is 12.1. The zero-order chi connectivity index (χ0) is 12.7. The van der Waals surface area contributed by atoms with Gasteiger partial charge >= 0.3 is 0 Å². The topological polar surface area (TPSA) is 73.6 Å². The van der Waals surface area contributed by atoms with Gasteiger partial charge in [0.2, 0.25) is 5.91 Å². The smallest absolute Gasteiger partial charge is 0.249 e. The summed E-state index contributed by atoms with van der Waals surface area (Å²) in [7, 11) is 0. The highest BCUT2D eigenvalue weighted by molar-refractivity contribution is 5.82. The van der Waals surface area contributed by atoms with Crippen molar-refractivity contribution in [1.82, 2.24) is 5.32 Å². The minimum atomic E-state index is -0.306. The first-order valence-electron chi connectivity index (χ1n) is 6.97. The van der Waals surface area contributed by atoms with Crippen LogP contribution in [0.5, 0.6) is 0 Å². The monoisotopic (exact) mass is 254 g/mol. The molecule has 18 heavy (non-hydrogen) atoms. The zero-order valence-corrected chi connectivity index (χ0v) is 10.8. The number of carbonyl (C=O) groups is 1. The van der Waals surface area contributed by atoms with Crippen LogP contribution in [-0.4, -0.2) is 43.4 Å². The van der Waals surface area contributed by atoms with Crippen molar-refractivity contribution in [2.75, 3.05) is 13.2 Å². The molecule has 1 amide bonds. The minimum Gasteiger partial charge on any atom is -0.376 e. The van der Waals surface area contributed by atoms with Gasteiger partial charge in [-0.15, -0.1) is 0 Å². The van der Waals surface area contributed by atoms with Crippen LogP contribution in [0.3, 0.4) is 0 Å². The van der Waals surface area contributed by atoms with E-state index in [9.17, 15) is 4.79 Å². The van der Waals surface area contributed by atoms with E-state index in [0.717, 1.165) is 25.9 Å². The highest BCUT2D eigenvalue weighted by atomic mass is 16.5. The quantitative estimate of drug-likeness (QED) is 0.729. The molecule has 3 N–H and O–H groups in total. The summed E-state index contributed by atoms with van der Waals surface area (Å²) in [5.74, 6) is 0.698. The molecule has 0 aromatic rings. The Morgan fingerprint density at radius 1 is 1.28 bits per heavy atom.